The molecule has 2 atom stereocenters. The van der Waals surface area contributed by atoms with Gasteiger partial charge in [0, 0.05) is 29.6 Å². The molecule has 2 aromatic rings. The monoisotopic (exact) mass is 436 g/mol. The molecule has 10 heteroatoms. The summed E-state index contributed by atoms with van der Waals surface area (Å²) in [6.45, 7) is -0.527. The Morgan fingerprint density at radius 2 is 1.97 bits per heavy atom. The number of para-hydroxylation sites is 1. The highest BCUT2D eigenvalue weighted by Gasteiger charge is 2.44. The predicted molar refractivity (Wildman–Crippen MR) is 106 cm³/mol. The van der Waals surface area contributed by atoms with Gasteiger partial charge in [-0.2, -0.15) is 13.2 Å². The molecule has 2 fully saturated rings. The molecular weight excluding hydrogens is 413 g/mol. The van der Waals surface area contributed by atoms with Gasteiger partial charge >= 0.3 is 12.2 Å². The van der Waals surface area contributed by atoms with Crippen molar-refractivity contribution in [2.45, 2.75) is 44.4 Å². The van der Waals surface area contributed by atoms with Crippen LogP contribution in [0, 0.1) is 5.92 Å². The number of nitrogens with zero attached hydrogens (tertiary/aromatic N) is 2. The van der Waals surface area contributed by atoms with Gasteiger partial charge in [-0.15, -0.1) is 0 Å². The number of carbonyl (C=O) groups excluding carboxylic acids is 3. The molecule has 31 heavy (non-hydrogen) atoms. The lowest BCUT2D eigenvalue weighted by atomic mass is 10.1. The molecule has 1 aliphatic heterocycles. The van der Waals surface area contributed by atoms with E-state index in [4.69, 9.17) is 0 Å². The van der Waals surface area contributed by atoms with Crippen LogP contribution >= 0.6 is 0 Å². The van der Waals surface area contributed by atoms with E-state index in [9.17, 15) is 27.6 Å². The molecule has 1 aromatic heterocycles. The molecule has 1 aromatic carbocycles. The maximum absolute atomic E-state index is 13.0. The van der Waals surface area contributed by atoms with Crippen molar-refractivity contribution in [1.29, 1.82) is 0 Å². The largest absolute Gasteiger partial charge is 0.406 e. The number of rotatable bonds is 7. The van der Waals surface area contributed by atoms with Crippen molar-refractivity contribution < 1.29 is 27.6 Å². The standard InChI is InChI=1S/C21H23F3N4O3/c1-12(13-6-7-13)28(11-21(22,23)24)18(29)10-27-19(30)17(26-20(27)31)8-14-9-25-16-5-3-2-4-15(14)16/h2-5,9,12-13,17,25H,6-8,10-11H2,1H3,(H,26,31). The van der Waals surface area contributed by atoms with E-state index < -0.39 is 49.2 Å². The SMILES string of the molecule is CC(C1CC1)N(CC(F)(F)F)C(=O)CN1C(=O)NC(Cc2c[nH]c3ccccc23)C1=O. The van der Waals surface area contributed by atoms with Crippen molar-refractivity contribution in [2.24, 2.45) is 5.92 Å². The van der Waals surface area contributed by atoms with Gasteiger partial charge in [-0.25, -0.2) is 4.79 Å². The van der Waals surface area contributed by atoms with Crippen LogP contribution in [0.5, 0.6) is 0 Å². The Morgan fingerprint density at radius 3 is 2.65 bits per heavy atom. The van der Waals surface area contributed by atoms with E-state index in [-0.39, 0.29) is 12.3 Å². The lowest BCUT2D eigenvalue weighted by molar-refractivity contribution is -0.166. The van der Waals surface area contributed by atoms with E-state index in [2.05, 4.69) is 10.3 Å². The summed E-state index contributed by atoms with van der Waals surface area (Å²) in [4.78, 5) is 42.4. The first-order valence-electron chi connectivity index (χ1n) is 10.2. The fourth-order valence-corrected chi connectivity index (χ4v) is 4.10. The Kier molecular flexibility index (Phi) is 5.40. The summed E-state index contributed by atoms with van der Waals surface area (Å²) in [7, 11) is 0. The van der Waals surface area contributed by atoms with Gasteiger partial charge in [-0.1, -0.05) is 18.2 Å². The van der Waals surface area contributed by atoms with Crippen molar-refractivity contribution >= 4 is 28.7 Å². The number of hydrogen-bond acceptors (Lipinski definition) is 3. The highest BCUT2D eigenvalue weighted by molar-refractivity contribution is 6.06. The molecule has 0 bridgehead atoms. The molecule has 166 valence electrons. The Labute approximate surface area is 176 Å². The molecule has 1 aliphatic carbocycles. The molecule has 1 saturated carbocycles. The van der Waals surface area contributed by atoms with Gasteiger partial charge in [0.15, 0.2) is 0 Å². The minimum atomic E-state index is -4.56. The molecule has 0 spiro atoms. The quantitative estimate of drug-likeness (QED) is 0.655. The fourth-order valence-electron chi connectivity index (χ4n) is 4.10. The number of imide groups is 1. The van der Waals surface area contributed by atoms with Crippen LogP contribution < -0.4 is 5.32 Å². The van der Waals surface area contributed by atoms with E-state index in [1.807, 2.05) is 24.3 Å². The highest BCUT2D eigenvalue weighted by Crippen LogP contribution is 2.36. The average molecular weight is 436 g/mol. The zero-order valence-electron chi connectivity index (χ0n) is 16.9. The zero-order valence-corrected chi connectivity index (χ0v) is 16.9. The van der Waals surface area contributed by atoms with Gasteiger partial charge in [-0.3, -0.25) is 14.5 Å². The summed E-state index contributed by atoms with van der Waals surface area (Å²) in [5, 5.41) is 3.46. The van der Waals surface area contributed by atoms with Crippen molar-refractivity contribution in [1.82, 2.24) is 20.1 Å². The van der Waals surface area contributed by atoms with Gasteiger partial charge in [0.05, 0.1) is 0 Å². The second-order valence-electron chi connectivity index (χ2n) is 8.20. The molecule has 1 saturated heterocycles. The molecule has 4 rings (SSSR count). The summed E-state index contributed by atoms with van der Waals surface area (Å²) in [5.74, 6) is -1.48. The first kappa shape index (κ1) is 21.2. The van der Waals surface area contributed by atoms with Crippen LogP contribution in [-0.4, -0.2) is 64.0 Å². The van der Waals surface area contributed by atoms with Gasteiger partial charge in [-0.05, 0) is 37.3 Å². The van der Waals surface area contributed by atoms with E-state index in [0.717, 1.165) is 34.2 Å². The van der Waals surface area contributed by atoms with Gasteiger partial charge in [0.25, 0.3) is 5.91 Å². The van der Waals surface area contributed by atoms with Crippen molar-refractivity contribution in [3.63, 3.8) is 0 Å². The van der Waals surface area contributed by atoms with Gasteiger partial charge in [0.1, 0.15) is 19.1 Å². The molecule has 2 heterocycles. The summed E-state index contributed by atoms with van der Waals surface area (Å²) < 4.78 is 39.1. The number of halogens is 3. The Bertz CT molecular complexity index is 1010. The minimum Gasteiger partial charge on any atom is -0.361 e. The second-order valence-corrected chi connectivity index (χ2v) is 8.20. The Balaban J connectivity index is 1.46. The molecule has 0 radical (unpaired) electrons. The number of amides is 4. The highest BCUT2D eigenvalue weighted by atomic mass is 19.4. The van der Waals surface area contributed by atoms with Crippen LogP contribution in [0.15, 0.2) is 30.5 Å². The predicted octanol–water partition coefficient (Wildman–Crippen LogP) is 2.82. The number of aromatic nitrogens is 1. The van der Waals surface area contributed by atoms with E-state index >= 15 is 0 Å². The number of benzene rings is 1. The second kappa shape index (κ2) is 7.90. The number of hydrogen-bond donors (Lipinski definition) is 2. The molecule has 2 unspecified atom stereocenters. The number of fused-ring (bicyclic) bond motifs is 1. The summed E-state index contributed by atoms with van der Waals surface area (Å²) in [6, 6.07) is 5.25. The number of alkyl halides is 3. The van der Waals surface area contributed by atoms with E-state index in [0.29, 0.717) is 4.90 Å². The van der Waals surface area contributed by atoms with Crippen molar-refractivity contribution in [3.8, 4) is 0 Å². The fraction of sp³-hybridized carbons (Fsp3) is 0.476. The lowest BCUT2D eigenvalue weighted by Gasteiger charge is -2.31. The van der Waals surface area contributed by atoms with E-state index in [1.54, 1.807) is 13.1 Å². The third-order valence-corrected chi connectivity index (χ3v) is 5.97. The third-order valence-electron chi connectivity index (χ3n) is 5.97. The maximum atomic E-state index is 13.0. The van der Waals surface area contributed by atoms with Crippen LogP contribution in [0.2, 0.25) is 0 Å². The van der Waals surface area contributed by atoms with Crippen LogP contribution in [0.1, 0.15) is 25.3 Å². The lowest BCUT2D eigenvalue weighted by Crippen LogP contribution is -2.50. The van der Waals surface area contributed by atoms with Crippen LogP contribution in [0.25, 0.3) is 10.9 Å². The number of nitrogens with one attached hydrogen (secondary N) is 2. The van der Waals surface area contributed by atoms with Crippen LogP contribution in [-0.2, 0) is 16.0 Å². The van der Waals surface area contributed by atoms with Crippen LogP contribution in [0.4, 0.5) is 18.0 Å². The maximum Gasteiger partial charge on any atom is 0.406 e. The minimum absolute atomic E-state index is 0.0176. The summed E-state index contributed by atoms with van der Waals surface area (Å²) in [6.07, 6.45) is -1.07. The van der Waals surface area contributed by atoms with Crippen molar-refractivity contribution in [3.05, 3.63) is 36.0 Å². The third kappa shape index (κ3) is 4.52. The van der Waals surface area contributed by atoms with Crippen molar-refractivity contribution in [2.75, 3.05) is 13.1 Å². The molecular formula is C21H23F3N4O3. The Hall–Kier alpha value is -3.04. The summed E-state index contributed by atoms with van der Waals surface area (Å²) >= 11 is 0. The topological polar surface area (TPSA) is 85.5 Å². The number of H-pyrrole nitrogens is 1. The van der Waals surface area contributed by atoms with Crippen LogP contribution in [0.3, 0.4) is 0 Å². The van der Waals surface area contributed by atoms with E-state index in [1.165, 1.54) is 0 Å². The van der Waals surface area contributed by atoms with Gasteiger partial charge in [0.2, 0.25) is 5.91 Å². The zero-order chi connectivity index (χ0) is 22.3. The number of carbonyl (C=O) groups is 3. The summed E-state index contributed by atoms with van der Waals surface area (Å²) in [5.41, 5.74) is 1.71. The average Bonchev–Trinajstić information content (AvgIpc) is 3.44. The first-order chi connectivity index (χ1) is 14.6. The number of aromatic amines is 1. The number of urea groups is 1. The molecule has 2 aliphatic rings. The molecule has 4 amide bonds. The molecule has 2 N–H and O–H groups in total. The smallest absolute Gasteiger partial charge is 0.361 e. The first-order valence-corrected chi connectivity index (χ1v) is 10.2. The van der Waals surface area contributed by atoms with Gasteiger partial charge < -0.3 is 15.2 Å². The Morgan fingerprint density at radius 1 is 1.26 bits per heavy atom. The molecule has 7 nitrogen and oxygen atoms in total. The normalized spacial score (nSPS) is 20.3.